The summed E-state index contributed by atoms with van der Waals surface area (Å²) in [7, 11) is 3.97. The Balaban J connectivity index is 0.00000312. The lowest BCUT2D eigenvalue weighted by Crippen LogP contribution is -2.37. The maximum Gasteiger partial charge on any atom is 0.191 e. The number of hydrogen-bond acceptors (Lipinski definition) is 3. The first-order chi connectivity index (χ1) is 11.6. The van der Waals surface area contributed by atoms with Crippen molar-refractivity contribution in [3.8, 4) is 0 Å². The van der Waals surface area contributed by atoms with Crippen molar-refractivity contribution in [1.29, 1.82) is 0 Å². The highest BCUT2D eigenvalue weighted by atomic mass is 127. The number of guanidine groups is 1. The molecule has 0 saturated carbocycles. The lowest BCUT2D eigenvalue weighted by molar-refractivity contribution is 0.798. The van der Waals surface area contributed by atoms with E-state index in [9.17, 15) is 0 Å². The minimum atomic E-state index is 0. The lowest BCUT2D eigenvalue weighted by atomic mass is 10.2. The van der Waals surface area contributed by atoms with Crippen molar-refractivity contribution in [3.05, 3.63) is 58.7 Å². The van der Waals surface area contributed by atoms with Gasteiger partial charge in [0.15, 0.2) is 5.96 Å². The number of hydrogen-bond donors (Lipinski definition) is 2. The van der Waals surface area contributed by atoms with E-state index in [-0.39, 0.29) is 24.0 Å². The number of anilines is 1. The molecule has 0 fully saturated rings. The minimum Gasteiger partial charge on any atom is -0.363 e. The zero-order valence-corrected chi connectivity index (χ0v) is 17.9. The summed E-state index contributed by atoms with van der Waals surface area (Å²) in [5.41, 5.74) is 2.09. The summed E-state index contributed by atoms with van der Waals surface area (Å²) in [5.74, 6) is 1.71. The number of nitrogens with one attached hydrogen (secondary N) is 2. The van der Waals surface area contributed by atoms with E-state index in [2.05, 4.69) is 20.6 Å². The maximum atomic E-state index is 5.91. The summed E-state index contributed by atoms with van der Waals surface area (Å²) in [6, 6.07) is 13.7. The molecule has 0 aliphatic rings. The molecule has 2 N–H and O–H groups in total. The Hall–Kier alpha value is -1.54. The summed E-state index contributed by atoms with van der Waals surface area (Å²) >= 11 is 5.91. The van der Waals surface area contributed by atoms with E-state index in [1.54, 1.807) is 0 Å². The molecule has 0 unspecified atom stereocenters. The second-order valence-corrected chi connectivity index (χ2v) is 5.99. The van der Waals surface area contributed by atoms with E-state index in [0.29, 0.717) is 13.1 Å². The molecular weight excluding hydrogens is 449 g/mol. The van der Waals surface area contributed by atoms with Crippen LogP contribution < -0.4 is 15.5 Å². The first-order valence-corrected chi connectivity index (χ1v) is 8.36. The molecule has 7 heteroatoms. The zero-order chi connectivity index (χ0) is 17.4. The maximum absolute atomic E-state index is 5.91. The molecule has 2 rings (SSSR count). The summed E-state index contributed by atoms with van der Waals surface area (Å²) in [5, 5.41) is 7.30. The van der Waals surface area contributed by atoms with Gasteiger partial charge in [-0.25, -0.2) is 9.98 Å². The second kappa shape index (κ2) is 11.1. The van der Waals surface area contributed by atoms with Gasteiger partial charge in [0.05, 0.1) is 18.8 Å². The number of nitrogens with zero attached hydrogens (tertiary/aromatic N) is 3. The number of pyridine rings is 1. The number of benzene rings is 1. The summed E-state index contributed by atoms with van der Waals surface area (Å²) in [6.07, 6.45) is 0. The third-order valence-corrected chi connectivity index (χ3v) is 3.62. The van der Waals surface area contributed by atoms with Gasteiger partial charge in [0.2, 0.25) is 0 Å². The van der Waals surface area contributed by atoms with Crippen LogP contribution in [0.2, 0.25) is 5.02 Å². The SMILES string of the molecule is CCNC(=NCc1ccc(Cl)cc1)NCc1cccc(N(C)C)n1.I. The normalized spacial score (nSPS) is 10.8. The first-order valence-electron chi connectivity index (χ1n) is 7.98. The molecule has 25 heavy (non-hydrogen) atoms. The standard InChI is InChI=1S/C18H24ClN5.HI/c1-4-20-18(21-12-14-8-10-15(19)11-9-14)22-13-16-6-5-7-17(23-16)24(2)3;/h5-11H,4,12-13H2,1-3H3,(H2,20,21,22);1H. The fourth-order valence-corrected chi connectivity index (χ4v) is 2.22. The van der Waals surface area contributed by atoms with Crippen LogP contribution in [0.4, 0.5) is 5.82 Å². The van der Waals surface area contributed by atoms with Gasteiger partial charge in [0, 0.05) is 25.7 Å². The molecule has 0 aliphatic heterocycles. The van der Waals surface area contributed by atoms with Gasteiger partial charge < -0.3 is 15.5 Å². The minimum absolute atomic E-state index is 0. The zero-order valence-electron chi connectivity index (χ0n) is 14.8. The Morgan fingerprint density at radius 1 is 1.12 bits per heavy atom. The van der Waals surface area contributed by atoms with Crippen molar-refractivity contribution in [2.24, 2.45) is 4.99 Å². The van der Waals surface area contributed by atoms with E-state index in [1.807, 2.05) is 68.4 Å². The van der Waals surface area contributed by atoms with E-state index >= 15 is 0 Å². The predicted octanol–water partition coefficient (Wildman–Crippen LogP) is 3.67. The Kier molecular flexibility index (Phi) is 9.59. The van der Waals surface area contributed by atoms with Crippen LogP contribution in [0.25, 0.3) is 0 Å². The van der Waals surface area contributed by atoms with E-state index in [0.717, 1.165) is 34.6 Å². The molecule has 0 aliphatic carbocycles. The molecule has 0 saturated heterocycles. The number of aromatic nitrogens is 1. The highest BCUT2D eigenvalue weighted by Gasteiger charge is 2.02. The molecule has 1 heterocycles. The molecule has 0 bridgehead atoms. The fourth-order valence-electron chi connectivity index (χ4n) is 2.09. The summed E-state index contributed by atoms with van der Waals surface area (Å²) in [6.45, 7) is 4.06. The van der Waals surface area contributed by atoms with Crippen molar-refractivity contribution in [2.45, 2.75) is 20.0 Å². The number of aliphatic imine (C=N–C) groups is 1. The van der Waals surface area contributed by atoms with E-state index in [1.165, 1.54) is 0 Å². The van der Waals surface area contributed by atoms with Gasteiger partial charge >= 0.3 is 0 Å². The molecule has 136 valence electrons. The molecule has 1 aromatic carbocycles. The Bertz CT molecular complexity index is 673. The summed E-state index contributed by atoms with van der Waals surface area (Å²) < 4.78 is 0. The van der Waals surface area contributed by atoms with Crippen molar-refractivity contribution < 1.29 is 0 Å². The molecule has 0 amide bonds. The van der Waals surface area contributed by atoms with Crippen LogP contribution in [0.1, 0.15) is 18.2 Å². The second-order valence-electron chi connectivity index (χ2n) is 5.56. The molecule has 5 nitrogen and oxygen atoms in total. The van der Waals surface area contributed by atoms with Gasteiger partial charge in [0.1, 0.15) is 5.82 Å². The number of halogens is 2. The van der Waals surface area contributed by atoms with Crippen LogP contribution in [0.3, 0.4) is 0 Å². The first kappa shape index (κ1) is 21.5. The smallest absolute Gasteiger partial charge is 0.191 e. The van der Waals surface area contributed by atoms with Gasteiger partial charge in [-0.15, -0.1) is 24.0 Å². The fraction of sp³-hybridized carbons (Fsp3) is 0.333. The molecule has 1 aromatic heterocycles. The third kappa shape index (κ3) is 7.48. The van der Waals surface area contributed by atoms with Crippen molar-refractivity contribution >= 4 is 47.4 Å². The van der Waals surface area contributed by atoms with Crippen LogP contribution in [0.15, 0.2) is 47.5 Å². The van der Waals surface area contributed by atoms with Crippen molar-refractivity contribution in [3.63, 3.8) is 0 Å². The topological polar surface area (TPSA) is 52.6 Å². The van der Waals surface area contributed by atoms with Crippen LogP contribution in [-0.4, -0.2) is 31.6 Å². The third-order valence-electron chi connectivity index (χ3n) is 3.36. The molecular formula is C18H25ClIN5. The van der Waals surface area contributed by atoms with Crippen LogP contribution in [0, 0.1) is 0 Å². The largest absolute Gasteiger partial charge is 0.363 e. The van der Waals surface area contributed by atoms with Crippen molar-refractivity contribution in [2.75, 3.05) is 25.5 Å². The van der Waals surface area contributed by atoms with Crippen LogP contribution in [-0.2, 0) is 13.1 Å². The Morgan fingerprint density at radius 2 is 1.84 bits per heavy atom. The molecule has 0 radical (unpaired) electrons. The van der Waals surface area contributed by atoms with Gasteiger partial charge in [0.25, 0.3) is 0 Å². The van der Waals surface area contributed by atoms with E-state index in [4.69, 9.17) is 11.6 Å². The monoisotopic (exact) mass is 473 g/mol. The average molecular weight is 474 g/mol. The highest BCUT2D eigenvalue weighted by Crippen LogP contribution is 2.10. The summed E-state index contributed by atoms with van der Waals surface area (Å²) in [4.78, 5) is 11.2. The van der Waals surface area contributed by atoms with Gasteiger partial charge in [-0.05, 0) is 36.8 Å². The number of rotatable bonds is 6. The predicted molar refractivity (Wildman–Crippen MR) is 117 cm³/mol. The van der Waals surface area contributed by atoms with Gasteiger partial charge in [-0.1, -0.05) is 29.8 Å². The molecule has 0 atom stereocenters. The molecule has 0 spiro atoms. The van der Waals surface area contributed by atoms with Crippen molar-refractivity contribution in [1.82, 2.24) is 15.6 Å². The highest BCUT2D eigenvalue weighted by molar-refractivity contribution is 14.0. The van der Waals surface area contributed by atoms with Crippen LogP contribution in [0.5, 0.6) is 0 Å². The van der Waals surface area contributed by atoms with E-state index < -0.39 is 0 Å². The molecule has 2 aromatic rings. The Labute approximate surface area is 171 Å². The lowest BCUT2D eigenvalue weighted by Gasteiger charge is -2.14. The van der Waals surface area contributed by atoms with Crippen LogP contribution >= 0.6 is 35.6 Å². The Morgan fingerprint density at radius 3 is 2.48 bits per heavy atom. The van der Waals surface area contributed by atoms with Gasteiger partial charge in [-0.3, -0.25) is 0 Å². The average Bonchev–Trinajstić information content (AvgIpc) is 2.59. The van der Waals surface area contributed by atoms with Gasteiger partial charge in [-0.2, -0.15) is 0 Å². The quantitative estimate of drug-likeness (QED) is 0.382.